The number of rotatable bonds is 3. The topological polar surface area (TPSA) is 52.3 Å². The lowest BCUT2D eigenvalue weighted by molar-refractivity contribution is 0.0472. The van der Waals surface area contributed by atoms with Gasteiger partial charge in [0.15, 0.2) is 0 Å². The summed E-state index contributed by atoms with van der Waals surface area (Å²) in [5, 5.41) is 0. The average molecular weight is 255 g/mol. The molecule has 0 aliphatic rings. The van der Waals surface area contributed by atoms with Gasteiger partial charge in [-0.2, -0.15) is 0 Å². The fourth-order valence-corrected chi connectivity index (χ4v) is 1.83. The predicted octanol–water partition coefficient (Wildman–Crippen LogP) is 3.24. The molecule has 0 aromatic heterocycles. The molecule has 0 saturated heterocycles. The van der Waals surface area contributed by atoms with E-state index in [0.29, 0.717) is 11.3 Å². The maximum Gasteiger partial charge on any atom is 0.338 e. The zero-order valence-corrected chi connectivity index (χ0v) is 11.1. The Hall–Kier alpha value is -2.29. The molecule has 0 heterocycles. The Kier molecular flexibility index (Phi) is 3.85. The number of aryl methyl sites for hydroxylation is 2. The standard InChI is InChI=1S/C16H17NO2/c1-11-3-5-13(6-4-11)10-19-16(18)15-8-7-14(17)9-12(15)2/h3-9H,10,17H2,1-2H3. The van der Waals surface area contributed by atoms with Crippen molar-refractivity contribution in [1.29, 1.82) is 0 Å². The molecule has 19 heavy (non-hydrogen) atoms. The second-order valence-corrected chi connectivity index (χ2v) is 4.64. The molecule has 0 aliphatic heterocycles. The summed E-state index contributed by atoms with van der Waals surface area (Å²) in [7, 11) is 0. The van der Waals surface area contributed by atoms with E-state index in [1.165, 1.54) is 5.56 Å². The summed E-state index contributed by atoms with van der Waals surface area (Å²) in [6.07, 6.45) is 0. The molecule has 3 heteroatoms. The van der Waals surface area contributed by atoms with Crippen LogP contribution in [-0.2, 0) is 11.3 Å². The molecule has 0 spiro atoms. The van der Waals surface area contributed by atoms with Crippen LogP contribution in [-0.4, -0.2) is 5.97 Å². The van der Waals surface area contributed by atoms with Crippen LogP contribution in [0.4, 0.5) is 5.69 Å². The van der Waals surface area contributed by atoms with Crippen molar-refractivity contribution < 1.29 is 9.53 Å². The second kappa shape index (κ2) is 5.57. The van der Waals surface area contributed by atoms with E-state index in [-0.39, 0.29) is 12.6 Å². The number of ether oxygens (including phenoxy) is 1. The van der Waals surface area contributed by atoms with Gasteiger partial charge in [0, 0.05) is 5.69 Å². The van der Waals surface area contributed by atoms with Gasteiger partial charge in [-0.25, -0.2) is 4.79 Å². The number of anilines is 1. The van der Waals surface area contributed by atoms with Gasteiger partial charge in [-0.1, -0.05) is 29.8 Å². The maximum absolute atomic E-state index is 12.0. The first-order chi connectivity index (χ1) is 9.06. The number of nitrogen functional groups attached to an aromatic ring is 1. The molecule has 2 aromatic rings. The fraction of sp³-hybridized carbons (Fsp3) is 0.188. The highest BCUT2D eigenvalue weighted by Crippen LogP contribution is 2.14. The van der Waals surface area contributed by atoms with Crippen LogP contribution in [0.15, 0.2) is 42.5 Å². The summed E-state index contributed by atoms with van der Waals surface area (Å²) in [5.74, 6) is -0.321. The van der Waals surface area contributed by atoms with Crippen LogP contribution in [0, 0.1) is 13.8 Å². The Bertz CT molecular complexity index is 588. The Morgan fingerprint density at radius 3 is 2.42 bits per heavy atom. The first kappa shape index (κ1) is 13.1. The van der Waals surface area contributed by atoms with Gasteiger partial charge in [-0.15, -0.1) is 0 Å². The summed E-state index contributed by atoms with van der Waals surface area (Å²) >= 11 is 0. The largest absolute Gasteiger partial charge is 0.457 e. The van der Waals surface area contributed by atoms with Crippen LogP contribution in [0.25, 0.3) is 0 Å². The van der Waals surface area contributed by atoms with Gasteiger partial charge in [-0.3, -0.25) is 0 Å². The fourth-order valence-electron chi connectivity index (χ4n) is 1.83. The van der Waals surface area contributed by atoms with E-state index in [9.17, 15) is 4.79 Å². The summed E-state index contributed by atoms with van der Waals surface area (Å²) in [5.41, 5.74) is 9.85. The minimum absolute atomic E-state index is 0.281. The van der Waals surface area contributed by atoms with E-state index in [4.69, 9.17) is 10.5 Å². The molecule has 2 aromatic carbocycles. The first-order valence-electron chi connectivity index (χ1n) is 6.15. The number of esters is 1. The highest BCUT2D eigenvalue weighted by molar-refractivity contribution is 5.91. The van der Waals surface area contributed by atoms with Crippen molar-refractivity contribution in [3.05, 3.63) is 64.7 Å². The molecular formula is C16H17NO2. The molecule has 98 valence electrons. The third kappa shape index (κ3) is 3.35. The van der Waals surface area contributed by atoms with Crippen molar-refractivity contribution in [3.63, 3.8) is 0 Å². The van der Waals surface area contributed by atoms with E-state index < -0.39 is 0 Å². The molecule has 0 amide bonds. The zero-order chi connectivity index (χ0) is 13.8. The van der Waals surface area contributed by atoms with Gasteiger partial charge < -0.3 is 10.5 Å². The van der Waals surface area contributed by atoms with Crippen molar-refractivity contribution >= 4 is 11.7 Å². The Morgan fingerprint density at radius 2 is 1.79 bits per heavy atom. The van der Waals surface area contributed by atoms with Crippen molar-refractivity contribution in [1.82, 2.24) is 0 Å². The van der Waals surface area contributed by atoms with E-state index in [1.54, 1.807) is 18.2 Å². The van der Waals surface area contributed by atoms with Crippen molar-refractivity contribution in [3.8, 4) is 0 Å². The lowest BCUT2D eigenvalue weighted by Crippen LogP contribution is -2.07. The SMILES string of the molecule is Cc1ccc(COC(=O)c2ccc(N)cc2C)cc1. The van der Waals surface area contributed by atoms with Crippen LogP contribution in [0.5, 0.6) is 0 Å². The Labute approximate surface area is 113 Å². The number of carbonyl (C=O) groups is 1. The van der Waals surface area contributed by atoms with Crippen LogP contribution in [0.1, 0.15) is 27.0 Å². The van der Waals surface area contributed by atoms with Gasteiger partial charge in [0.1, 0.15) is 6.61 Å². The summed E-state index contributed by atoms with van der Waals surface area (Å²) in [6.45, 7) is 4.15. The number of hydrogen-bond donors (Lipinski definition) is 1. The van der Waals surface area contributed by atoms with Gasteiger partial charge in [0.2, 0.25) is 0 Å². The van der Waals surface area contributed by atoms with Gasteiger partial charge in [0.25, 0.3) is 0 Å². The molecule has 0 bridgehead atoms. The van der Waals surface area contributed by atoms with Gasteiger partial charge in [-0.05, 0) is 43.2 Å². The van der Waals surface area contributed by atoms with Crippen LogP contribution in [0.3, 0.4) is 0 Å². The highest BCUT2D eigenvalue weighted by Gasteiger charge is 2.10. The van der Waals surface area contributed by atoms with Gasteiger partial charge >= 0.3 is 5.97 Å². The molecule has 2 N–H and O–H groups in total. The monoisotopic (exact) mass is 255 g/mol. The lowest BCUT2D eigenvalue weighted by atomic mass is 10.1. The van der Waals surface area contributed by atoms with E-state index in [2.05, 4.69) is 0 Å². The third-order valence-electron chi connectivity index (χ3n) is 2.96. The van der Waals surface area contributed by atoms with E-state index in [0.717, 1.165) is 11.1 Å². The normalized spacial score (nSPS) is 10.2. The zero-order valence-electron chi connectivity index (χ0n) is 11.1. The summed E-state index contributed by atoms with van der Waals surface area (Å²) < 4.78 is 5.29. The maximum atomic E-state index is 12.0. The van der Waals surface area contributed by atoms with Crippen molar-refractivity contribution in [2.75, 3.05) is 5.73 Å². The summed E-state index contributed by atoms with van der Waals surface area (Å²) in [6, 6.07) is 13.1. The van der Waals surface area contributed by atoms with E-state index in [1.807, 2.05) is 38.1 Å². The molecule has 0 unspecified atom stereocenters. The van der Waals surface area contributed by atoms with Crippen LogP contribution >= 0.6 is 0 Å². The number of hydrogen-bond acceptors (Lipinski definition) is 3. The first-order valence-corrected chi connectivity index (χ1v) is 6.15. The van der Waals surface area contributed by atoms with Crippen LogP contribution in [0.2, 0.25) is 0 Å². The minimum Gasteiger partial charge on any atom is -0.457 e. The molecular weight excluding hydrogens is 238 g/mol. The average Bonchev–Trinajstić information content (AvgIpc) is 2.37. The van der Waals surface area contributed by atoms with Gasteiger partial charge in [0.05, 0.1) is 5.56 Å². The summed E-state index contributed by atoms with van der Waals surface area (Å²) in [4.78, 5) is 12.0. The number of carbonyl (C=O) groups excluding carboxylic acids is 1. The Balaban J connectivity index is 2.03. The smallest absolute Gasteiger partial charge is 0.338 e. The lowest BCUT2D eigenvalue weighted by Gasteiger charge is -2.08. The molecule has 0 radical (unpaired) electrons. The van der Waals surface area contributed by atoms with Crippen molar-refractivity contribution in [2.45, 2.75) is 20.5 Å². The second-order valence-electron chi connectivity index (χ2n) is 4.64. The predicted molar refractivity (Wildman–Crippen MR) is 75.9 cm³/mol. The molecule has 0 fully saturated rings. The Morgan fingerprint density at radius 1 is 1.11 bits per heavy atom. The highest BCUT2D eigenvalue weighted by atomic mass is 16.5. The van der Waals surface area contributed by atoms with Crippen LogP contribution < -0.4 is 5.73 Å². The van der Waals surface area contributed by atoms with E-state index >= 15 is 0 Å². The quantitative estimate of drug-likeness (QED) is 0.676. The molecule has 3 nitrogen and oxygen atoms in total. The molecule has 0 aliphatic carbocycles. The molecule has 2 rings (SSSR count). The van der Waals surface area contributed by atoms with Crippen molar-refractivity contribution in [2.24, 2.45) is 0 Å². The molecule has 0 atom stereocenters. The number of benzene rings is 2. The number of nitrogens with two attached hydrogens (primary N) is 1. The molecule has 0 saturated carbocycles. The minimum atomic E-state index is -0.321. The third-order valence-corrected chi connectivity index (χ3v) is 2.96.